The summed E-state index contributed by atoms with van der Waals surface area (Å²) in [5, 5.41) is 0.954. The first kappa shape index (κ1) is 21.8. The zero-order valence-electron chi connectivity index (χ0n) is 17.3. The second-order valence-corrected chi connectivity index (χ2v) is 10.4. The number of anilines is 1. The highest BCUT2D eigenvalue weighted by Crippen LogP contribution is 2.48. The molecule has 0 saturated heterocycles. The maximum Gasteiger partial charge on any atom is 0.285 e. The number of nitrogens with zero attached hydrogens (tertiary/aromatic N) is 4. The number of hydrogen-bond donors (Lipinski definition) is 0. The van der Waals surface area contributed by atoms with Crippen LogP contribution in [-0.2, 0) is 17.1 Å². The molecule has 2 unspecified atom stereocenters. The van der Waals surface area contributed by atoms with Gasteiger partial charge in [0, 0.05) is 29.4 Å². The van der Waals surface area contributed by atoms with Gasteiger partial charge in [0.15, 0.2) is 5.03 Å². The Labute approximate surface area is 200 Å². The molecule has 2 aromatic heterocycles. The van der Waals surface area contributed by atoms with E-state index in [1.807, 2.05) is 0 Å². The van der Waals surface area contributed by atoms with E-state index in [1.54, 1.807) is 72.3 Å². The van der Waals surface area contributed by atoms with E-state index >= 15 is 0 Å². The average Bonchev–Trinajstić information content (AvgIpc) is 3.38. The third kappa shape index (κ3) is 3.64. The summed E-state index contributed by atoms with van der Waals surface area (Å²) in [5.74, 6) is 0.257. The number of hydrogen-bond acceptors (Lipinski definition) is 4. The number of sulfonamides is 1. The molecule has 3 heterocycles. The van der Waals surface area contributed by atoms with Crippen LogP contribution in [0.2, 0.25) is 10.0 Å². The zero-order valence-corrected chi connectivity index (χ0v) is 19.7. The molecule has 0 spiro atoms. The van der Waals surface area contributed by atoms with E-state index in [1.165, 1.54) is 27.5 Å². The van der Waals surface area contributed by atoms with Gasteiger partial charge in [-0.25, -0.2) is 9.29 Å². The fourth-order valence-corrected chi connectivity index (χ4v) is 6.09. The standard InChI is InChI=1S/C23H18Cl2N4O3S/c1-27-13-19(26-14-27)33(31,32)29-20-3-2-4-21(30)28(20)22(15-5-9-17(24)10-6-15)23(29)16-7-11-18(25)12-8-16/h2-14,22-23H,1H3. The van der Waals surface area contributed by atoms with Crippen LogP contribution in [0.4, 0.5) is 5.82 Å². The van der Waals surface area contributed by atoms with Crippen molar-refractivity contribution in [2.24, 2.45) is 7.05 Å². The largest absolute Gasteiger partial charge is 0.339 e. The summed E-state index contributed by atoms with van der Waals surface area (Å²) in [6.45, 7) is 0. The van der Waals surface area contributed by atoms with Crippen LogP contribution in [0.3, 0.4) is 0 Å². The van der Waals surface area contributed by atoms with E-state index < -0.39 is 22.1 Å². The first-order valence-electron chi connectivity index (χ1n) is 10.0. The minimum absolute atomic E-state index is 0.108. The number of halogens is 2. The number of aryl methyl sites for hydroxylation is 1. The first-order chi connectivity index (χ1) is 15.8. The van der Waals surface area contributed by atoms with Crippen molar-refractivity contribution in [3.05, 3.63) is 111 Å². The van der Waals surface area contributed by atoms with Gasteiger partial charge in [0.05, 0.1) is 18.4 Å². The molecule has 2 aromatic carbocycles. The van der Waals surface area contributed by atoms with Gasteiger partial charge in [-0.15, -0.1) is 0 Å². The van der Waals surface area contributed by atoms with Crippen molar-refractivity contribution in [3.8, 4) is 0 Å². The van der Waals surface area contributed by atoms with Gasteiger partial charge in [-0.2, -0.15) is 8.42 Å². The van der Waals surface area contributed by atoms with E-state index in [9.17, 15) is 13.2 Å². The molecule has 7 nitrogen and oxygen atoms in total. The summed E-state index contributed by atoms with van der Waals surface area (Å²) < 4.78 is 32.1. The minimum Gasteiger partial charge on any atom is -0.339 e. The van der Waals surface area contributed by atoms with Gasteiger partial charge >= 0.3 is 0 Å². The van der Waals surface area contributed by atoms with Crippen molar-refractivity contribution in [1.82, 2.24) is 14.1 Å². The summed E-state index contributed by atoms with van der Waals surface area (Å²) in [7, 11) is -2.43. The van der Waals surface area contributed by atoms with Crippen molar-refractivity contribution in [3.63, 3.8) is 0 Å². The molecule has 0 N–H and O–H groups in total. The smallest absolute Gasteiger partial charge is 0.285 e. The maximum atomic E-state index is 13.9. The van der Waals surface area contributed by atoms with Crippen molar-refractivity contribution in [2.45, 2.75) is 17.1 Å². The highest BCUT2D eigenvalue weighted by Gasteiger charge is 2.47. The van der Waals surface area contributed by atoms with Gasteiger partial charge in [-0.05, 0) is 41.5 Å². The molecule has 33 heavy (non-hydrogen) atoms. The third-order valence-electron chi connectivity index (χ3n) is 5.65. The molecule has 0 saturated carbocycles. The molecular formula is C23H18Cl2N4O3S. The van der Waals surface area contributed by atoms with Crippen LogP contribution in [-0.4, -0.2) is 22.5 Å². The van der Waals surface area contributed by atoms with Gasteiger partial charge < -0.3 is 4.57 Å². The maximum absolute atomic E-state index is 13.9. The number of benzene rings is 2. The highest BCUT2D eigenvalue weighted by atomic mass is 35.5. The second-order valence-electron chi connectivity index (χ2n) is 7.76. The lowest BCUT2D eigenvalue weighted by atomic mass is 9.94. The molecule has 0 bridgehead atoms. The molecule has 0 amide bonds. The van der Waals surface area contributed by atoms with Crippen molar-refractivity contribution < 1.29 is 8.42 Å². The summed E-state index contributed by atoms with van der Waals surface area (Å²) in [6.07, 6.45) is 2.87. The number of fused-ring (bicyclic) bond motifs is 1. The Morgan fingerprint density at radius 1 is 0.848 bits per heavy atom. The lowest BCUT2D eigenvalue weighted by molar-refractivity contribution is 0.528. The van der Waals surface area contributed by atoms with Crippen LogP contribution in [0.15, 0.2) is 89.1 Å². The number of aromatic nitrogens is 3. The minimum atomic E-state index is -4.12. The van der Waals surface area contributed by atoms with Crippen LogP contribution in [0, 0.1) is 0 Å². The monoisotopic (exact) mass is 500 g/mol. The summed E-state index contributed by atoms with van der Waals surface area (Å²) in [6, 6.07) is 17.2. The van der Waals surface area contributed by atoms with Crippen LogP contribution in [0.5, 0.6) is 0 Å². The first-order valence-corrected chi connectivity index (χ1v) is 12.2. The normalized spacial score (nSPS) is 17.8. The molecule has 1 aliphatic heterocycles. The average molecular weight is 501 g/mol. The molecule has 2 atom stereocenters. The molecule has 4 aromatic rings. The van der Waals surface area contributed by atoms with Gasteiger partial charge in [-0.1, -0.05) is 53.5 Å². The van der Waals surface area contributed by atoms with E-state index in [0.717, 1.165) is 5.56 Å². The fourth-order valence-electron chi connectivity index (χ4n) is 4.23. The number of pyridine rings is 1. The molecule has 168 valence electrons. The summed E-state index contributed by atoms with van der Waals surface area (Å²) in [5.41, 5.74) is 1.11. The topological polar surface area (TPSA) is 77.2 Å². The van der Waals surface area contributed by atoms with E-state index in [4.69, 9.17) is 23.2 Å². The molecule has 10 heteroatoms. The second kappa shape index (κ2) is 8.06. The predicted octanol–water partition coefficient (Wildman–Crippen LogP) is 4.43. The number of rotatable bonds is 4. The Kier molecular flexibility index (Phi) is 5.31. The third-order valence-corrected chi connectivity index (χ3v) is 7.83. The quantitative estimate of drug-likeness (QED) is 0.415. The van der Waals surface area contributed by atoms with Crippen LogP contribution >= 0.6 is 23.2 Å². The van der Waals surface area contributed by atoms with E-state index in [0.29, 0.717) is 15.6 Å². The molecule has 0 fully saturated rings. The van der Waals surface area contributed by atoms with Gasteiger partial charge in [0.1, 0.15) is 5.82 Å². The van der Waals surface area contributed by atoms with Crippen LogP contribution in [0.1, 0.15) is 23.2 Å². The molecular weight excluding hydrogens is 483 g/mol. The lowest BCUT2D eigenvalue weighted by Crippen LogP contribution is -2.34. The Hall–Kier alpha value is -3.07. The zero-order chi connectivity index (χ0) is 23.3. The van der Waals surface area contributed by atoms with E-state index in [2.05, 4.69) is 4.98 Å². The lowest BCUT2D eigenvalue weighted by Gasteiger charge is -2.28. The van der Waals surface area contributed by atoms with Gasteiger partial charge in [-0.3, -0.25) is 9.36 Å². The fraction of sp³-hybridized carbons (Fsp3) is 0.130. The Bertz CT molecular complexity index is 1500. The Morgan fingerprint density at radius 2 is 1.42 bits per heavy atom. The van der Waals surface area contributed by atoms with Crippen LogP contribution < -0.4 is 9.86 Å². The summed E-state index contributed by atoms with van der Waals surface area (Å²) >= 11 is 12.2. The number of imidazole rings is 1. The SMILES string of the molecule is Cn1cnc(S(=O)(=O)N2c3cccc(=O)n3C(c3ccc(Cl)cc3)C2c2ccc(Cl)cc2)c1. The van der Waals surface area contributed by atoms with Crippen molar-refractivity contribution in [1.29, 1.82) is 0 Å². The molecule has 1 aliphatic rings. The van der Waals surface area contributed by atoms with Gasteiger partial charge in [0.2, 0.25) is 0 Å². The molecule has 0 radical (unpaired) electrons. The van der Waals surface area contributed by atoms with Crippen molar-refractivity contribution >= 4 is 39.0 Å². The Morgan fingerprint density at radius 3 is 1.97 bits per heavy atom. The van der Waals surface area contributed by atoms with E-state index in [-0.39, 0.29) is 16.4 Å². The molecule has 0 aliphatic carbocycles. The molecule has 5 rings (SSSR count). The van der Waals surface area contributed by atoms with Crippen molar-refractivity contribution in [2.75, 3.05) is 4.31 Å². The highest BCUT2D eigenvalue weighted by molar-refractivity contribution is 7.92. The van der Waals surface area contributed by atoms with Crippen LogP contribution in [0.25, 0.3) is 0 Å². The summed E-state index contributed by atoms with van der Waals surface area (Å²) in [4.78, 5) is 17.2. The Balaban J connectivity index is 1.81. The predicted molar refractivity (Wildman–Crippen MR) is 127 cm³/mol. The van der Waals surface area contributed by atoms with Gasteiger partial charge in [0.25, 0.3) is 15.6 Å².